The van der Waals surface area contributed by atoms with Gasteiger partial charge in [0.25, 0.3) is 0 Å². The smallest absolute Gasteiger partial charge is 0.119 e. The van der Waals surface area contributed by atoms with Crippen molar-refractivity contribution >= 4 is 10.9 Å². The molecule has 1 aromatic carbocycles. The third-order valence-corrected chi connectivity index (χ3v) is 3.69. The average molecular weight is 244 g/mol. The lowest BCUT2D eigenvalue weighted by Gasteiger charge is -2.05. The lowest BCUT2D eigenvalue weighted by Crippen LogP contribution is -2.19. The summed E-state index contributed by atoms with van der Waals surface area (Å²) in [6.07, 6.45) is 5.90. The minimum atomic E-state index is 0.784. The van der Waals surface area contributed by atoms with Crippen molar-refractivity contribution in [3.63, 3.8) is 0 Å². The fourth-order valence-electron chi connectivity index (χ4n) is 2.46. The predicted molar refractivity (Wildman–Crippen MR) is 74.3 cm³/mol. The van der Waals surface area contributed by atoms with E-state index in [4.69, 9.17) is 4.74 Å². The monoisotopic (exact) mass is 244 g/mol. The van der Waals surface area contributed by atoms with Crippen LogP contribution in [0.5, 0.6) is 5.75 Å². The van der Waals surface area contributed by atoms with Crippen molar-refractivity contribution in [3.05, 3.63) is 29.5 Å². The number of nitrogens with one attached hydrogen (secondary N) is 2. The molecule has 1 aromatic heterocycles. The summed E-state index contributed by atoms with van der Waals surface area (Å²) in [7, 11) is 1.72. The third kappa shape index (κ3) is 2.23. The van der Waals surface area contributed by atoms with E-state index in [1.807, 2.05) is 0 Å². The van der Waals surface area contributed by atoms with Gasteiger partial charge in [0.1, 0.15) is 5.75 Å². The number of hydrogen-bond acceptors (Lipinski definition) is 2. The molecule has 0 saturated heterocycles. The minimum Gasteiger partial charge on any atom is -0.497 e. The Kier molecular flexibility index (Phi) is 3.00. The number of benzene rings is 1. The molecule has 1 aliphatic carbocycles. The maximum atomic E-state index is 5.35. The molecular weight excluding hydrogens is 224 g/mol. The summed E-state index contributed by atoms with van der Waals surface area (Å²) in [6.45, 7) is 3.18. The Labute approximate surface area is 108 Å². The number of ether oxygens (including phenoxy) is 1. The van der Waals surface area contributed by atoms with E-state index in [2.05, 4.69) is 35.6 Å². The van der Waals surface area contributed by atoms with Crippen LogP contribution in [0.2, 0.25) is 0 Å². The summed E-state index contributed by atoms with van der Waals surface area (Å²) in [6, 6.07) is 4.99. The van der Waals surface area contributed by atoms with Gasteiger partial charge >= 0.3 is 0 Å². The Morgan fingerprint density at radius 2 is 2.22 bits per heavy atom. The van der Waals surface area contributed by atoms with Crippen LogP contribution in [-0.4, -0.2) is 24.7 Å². The summed E-state index contributed by atoms with van der Waals surface area (Å²) in [5.74, 6) is 0.941. The molecule has 1 heterocycles. The highest BCUT2D eigenvalue weighted by Gasteiger charge is 2.19. The fraction of sp³-hybridized carbons (Fsp3) is 0.467. The highest BCUT2D eigenvalue weighted by atomic mass is 16.5. The van der Waals surface area contributed by atoms with E-state index in [1.165, 1.54) is 34.9 Å². The Hall–Kier alpha value is -1.48. The maximum Gasteiger partial charge on any atom is 0.119 e. The van der Waals surface area contributed by atoms with Gasteiger partial charge in [-0.1, -0.05) is 0 Å². The molecule has 3 nitrogen and oxygen atoms in total. The van der Waals surface area contributed by atoms with Crippen molar-refractivity contribution in [2.75, 3.05) is 13.7 Å². The number of fused-ring (bicyclic) bond motifs is 1. The molecule has 96 valence electrons. The molecule has 0 aliphatic heterocycles. The first-order valence-electron chi connectivity index (χ1n) is 6.66. The lowest BCUT2D eigenvalue weighted by molar-refractivity contribution is 0.415. The number of aryl methyl sites for hydroxylation is 1. The van der Waals surface area contributed by atoms with Gasteiger partial charge in [0.05, 0.1) is 7.11 Å². The zero-order valence-electron chi connectivity index (χ0n) is 11.0. The molecule has 1 aliphatic rings. The first kappa shape index (κ1) is 11.6. The van der Waals surface area contributed by atoms with Gasteiger partial charge in [0.2, 0.25) is 0 Å². The molecule has 2 N–H and O–H groups in total. The maximum absolute atomic E-state index is 5.35. The van der Waals surface area contributed by atoms with Crippen LogP contribution < -0.4 is 10.1 Å². The van der Waals surface area contributed by atoms with E-state index in [0.717, 1.165) is 24.8 Å². The van der Waals surface area contributed by atoms with Crippen molar-refractivity contribution in [2.24, 2.45) is 0 Å². The van der Waals surface area contributed by atoms with E-state index < -0.39 is 0 Å². The Balaban J connectivity index is 1.83. The Morgan fingerprint density at radius 1 is 1.39 bits per heavy atom. The van der Waals surface area contributed by atoms with Crippen LogP contribution in [0.1, 0.15) is 24.0 Å². The zero-order valence-corrected chi connectivity index (χ0v) is 11.0. The number of rotatable bonds is 5. The Bertz CT molecular complexity index is 555. The van der Waals surface area contributed by atoms with Crippen LogP contribution in [0.15, 0.2) is 18.3 Å². The summed E-state index contributed by atoms with van der Waals surface area (Å²) >= 11 is 0. The average Bonchev–Trinajstić information content (AvgIpc) is 3.10. The van der Waals surface area contributed by atoms with Crippen LogP contribution in [0.4, 0.5) is 0 Å². The van der Waals surface area contributed by atoms with Gasteiger partial charge < -0.3 is 15.0 Å². The van der Waals surface area contributed by atoms with Gasteiger partial charge in [-0.25, -0.2) is 0 Å². The van der Waals surface area contributed by atoms with Crippen LogP contribution in [0.3, 0.4) is 0 Å². The van der Waals surface area contributed by atoms with Crippen molar-refractivity contribution in [2.45, 2.75) is 32.2 Å². The number of hydrogen-bond donors (Lipinski definition) is 2. The second-order valence-corrected chi connectivity index (χ2v) is 5.16. The molecule has 0 spiro atoms. The highest BCUT2D eigenvalue weighted by molar-refractivity contribution is 5.87. The topological polar surface area (TPSA) is 37.0 Å². The number of methoxy groups -OCH3 is 1. The number of aromatic nitrogens is 1. The molecule has 2 aromatic rings. The van der Waals surface area contributed by atoms with Gasteiger partial charge in [-0.2, -0.15) is 0 Å². The first-order valence-corrected chi connectivity index (χ1v) is 6.66. The minimum absolute atomic E-state index is 0.784. The summed E-state index contributed by atoms with van der Waals surface area (Å²) in [5, 5.41) is 4.85. The van der Waals surface area contributed by atoms with Crippen LogP contribution >= 0.6 is 0 Å². The normalized spacial score (nSPS) is 15.2. The third-order valence-electron chi connectivity index (χ3n) is 3.69. The van der Waals surface area contributed by atoms with Crippen molar-refractivity contribution < 1.29 is 4.74 Å². The van der Waals surface area contributed by atoms with E-state index in [-0.39, 0.29) is 0 Å². The molecule has 1 fully saturated rings. The summed E-state index contributed by atoms with van der Waals surface area (Å²) in [5.41, 5.74) is 3.85. The molecule has 1 saturated carbocycles. The molecule has 3 heteroatoms. The Morgan fingerprint density at radius 3 is 2.94 bits per heavy atom. The molecule has 0 radical (unpaired) electrons. The van der Waals surface area contributed by atoms with Gasteiger partial charge in [-0.15, -0.1) is 0 Å². The molecule has 18 heavy (non-hydrogen) atoms. The number of H-pyrrole nitrogens is 1. The number of aromatic amines is 1. The first-order chi connectivity index (χ1) is 8.78. The van der Waals surface area contributed by atoms with E-state index in [0.29, 0.717) is 0 Å². The van der Waals surface area contributed by atoms with E-state index >= 15 is 0 Å². The highest BCUT2D eigenvalue weighted by Crippen LogP contribution is 2.27. The second-order valence-electron chi connectivity index (χ2n) is 5.16. The lowest BCUT2D eigenvalue weighted by atomic mass is 10.1. The standard InChI is InChI=1S/C15H20N2O/c1-10-7-13(18-2)8-14-11(9-17-15(10)14)5-6-16-12-3-4-12/h7-9,12,16-17H,3-6H2,1-2H3. The summed E-state index contributed by atoms with van der Waals surface area (Å²) < 4.78 is 5.35. The molecule has 0 atom stereocenters. The van der Waals surface area contributed by atoms with Crippen molar-refractivity contribution in [1.29, 1.82) is 0 Å². The van der Waals surface area contributed by atoms with E-state index in [1.54, 1.807) is 7.11 Å². The van der Waals surface area contributed by atoms with Crippen molar-refractivity contribution in [1.82, 2.24) is 10.3 Å². The van der Waals surface area contributed by atoms with Gasteiger partial charge in [-0.05, 0) is 56.0 Å². The van der Waals surface area contributed by atoms with Gasteiger partial charge in [0, 0.05) is 23.1 Å². The van der Waals surface area contributed by atoms with Crippen molar-refractivity contribution in [3.8, 4) is 5.75 Å². The predicted octanol–water partition coefficient (Wildman–Crippen LogP) is 2.78. The van der Waals surface area contributed by atoms with Crippen LogP contribution in [0.25, 0.3) is 10.9 Å². The van der Waals surface area contributed by atoms with Gasteiger partial charge in [-0.3, -0.25) is 0 Å². The SMILES string of the molecule is COc1cc(C)c2[nH]cc(CCNC3CC3)c2c1. The van der Waals surface area contributed by atoms with Crippen LogP contribution in [-0.2, 0) is 6.42 Å². The largest absolute Gasteiger partial charge is 0.497 e. The molecular formula is C15H20N2O. The molecule has 0 bridgehead atoms. The quantitative estimate of drug-likeness (QED) is 0.848. The van der Waals surface area contributed by atoms with Gasteiger partial charge in [0.15, 0.2) is 0 Å². The van der Waals surface area contributed by atoms with E-state index in [9.17, 15) is 0 Å². The fourth-order valence-corrected chi connectivity index (χ4v) is 2.46. The summed E-state index contributed by atoms with van der Waals surface area (Å²) in [4.78, 5) is 3.38. The van der Waals surface area contributed by atoms with Crippen LogP contribution in [0, 0.1) is 6.92 Å². The molecule has 0 amide bonds. The molecule has 3 rings (SSSR count). The zero-order chi connectivity index (χ0) is 12.5. The second kappa shape index (κ2) is 4.65. The molecule has 0 unspecified atom stereocenters.